The lowest BCUT2D eigenvalue weighted by molar-refractivity contribution is 0.103. The van der Waals surface area contributed by atoms with Crippen LogP contribution in [0.4, 0.5) is 16.6 Å². The molecule has 0 aliphatic rings. The van der Waals surface area contributed by atoms with Crippen molar-refractivity contribution < 1.29 is 9.53 Å². The molecule has 3 aromatic heterocycles. The van der Waals surface area contributed by atoms with Gasteiger partial charge in [-0.05, 0) is 52.3 Å². The van der Waals surface area contributed by atoms with Crippen LogP contribution in [0.2, 0.25) is 0 Å². The summed E-state index contributed by atoms with van der Waals surface area (Å²) in [6.07, 6.45) is 3.43. The number of methoxy groups -OCH3 is 1. The lowest BCUT2D eigenvalue weighted by atomic mass is 10.2. The van der Waals surface area contributed by atoms with Crippen LogP contribution in [0.25, 0.3) is 5.65 Å². The van der Waals surface area contributed by atoms with Crippen LogP contribution >= 0.6 is 27.3 Å². The molecule has 0 bridgehead atoms. The van der Waals surface area contributed by atoms with Gasteiger partial charge in [0.25, 0.3) is 0 Å². The molecule has 0 atom stereocenters. The van der Waals surface area contributed by atoms with Crippen LogP contribution in [0, 0.1) is 0 Å². The molecule has 4 rings (SSSR count). The molecule has 0 unspecified atom stereocenters. The molecule has 3 heterocycles. The molecule has 0 aliphatic heterocycles. The second kappa shape index (κ2) is 7.84. The summed E-state index contributed by atoms with van der Waals surface area (Å²) in [5, 5.41) is 3.90. The van der Waals surface area contributed by atoms with E-state index in [0.717, 1.165) is 15.9 Å². The van der Waals surface area contributed by atoms with Gasteiger partial charge in [-0.25, -0.2) is 9.97 Å². The highest BCUT2D eigenvalue weighted by Gasteiger charge is 2.24. The molecule has 0 saturated carbocycles. The maximum absolute atomic E-state index is 13.3. The molecule has 4 aromatic rings. The van der Waals surface area contributed by atoms with E-state index in [-0.39, 0.29) is 5.78 Å². The number of thiazole rings is 1. The largest absolute Gasteiger partial charge is 0.497 e. The standard InChI is InChI=1S/C20H18BrN5O2S/c1-25(2)19-18(17(27)15-10-22-16-9-4-12(21)11-26(15)16)29-20(24-19)23-13-5-7-14(28-3)8-6-13/h4-11H,1-3H3,(H,23,24). The van der Waals surface area contributed by atoms with Crippen molar-refractivity contribution >= 4 is 55.3 Å². The summed E-state index contributed by atoms with van der Waals surface area (Å²) in [4.78, 5) is 24.7. The lowest BCUT2D eigenvalue weighted by Crippen LogP contribution is -2.14. The van der Waals surface area contributed by atoms with Crippen LogP contribution in [0.1, 0.15) is 15.4 Å². The number of ketones is 1. The molecular formula is C20H18BrN5O2S. The van der Waals surface area contributed by atoms with Crippen molar-refractivity contribution in [3.63, 3.8) is 0 Å². The molecule has 7 nitrogen and oxygen atoms in total. The maximum atomic E-state index is 13.3. The summed E-state index contributed by atoms with van der Waals surface area (Å²) < 4.78 is 7.84. The van der Waals surface area contributed by atoms with E-state index in [2.05, 4.69) is 31.2 Å². The molecule has 9 heteroatoms. The first kappa shape index (κ1) is 19.4. The van der Waals surface area contributed by atoms with Crippen molar-refractivity contribution in [2.45, 2.75) is 0 Å². The van der Waals surface area contributed by atoms with Crippen LogP contribution in [-0.4, -0.2) is 41.4 Å². The third-order valence-corrected chi connectivity index (χ3v) is 5.71. The Bertz CT molecular complexity index is 1180. The zero-order valence-electron chi connectivity index (χ0n) is 16.0. The normalized spacial score (nSPS) is 10.9. The fourth-order valence-corrected chi connectivity index (χ4v) is 4.20. The number of fused-ring (bicyclic) bond motifs is 1. The van der Waals surface area contributed by atoms with Crippen molar-refractivity contribution in [2.75, 3.05) is 31.4 Å². The molecule has 148 valence electrons. The summed E-state index contributed by atoms with van der Waals surface area (Å²) in [6, 6.07) is 11.3. The number of aromatic nitrogens is 3. The predicted molar refractivity (Wildman–Crippen MR) is 119 cm³/mol. The number of hydrogen-bond donors (Lipinski definition) is 1. The maximum Gasteiger partial charge on any atom is 0.225 e. The molecule has 0 spiro atoms. The van der Waals surface area contributed by atoms with Gasteiger partial charge in [-0.2, -0.15) is 0 Å². The summed E-state index contributed by atoms with van der Waals surface area (Å²) >= 11 is 4.76. The average molecular weight is 472 g/mol. The molecule has 0 saturated heterocycles. The van der Waals surface area contributed by atoms with Gasteiger partial charge in [0, 0.05) is 30.5 Å². The number of nitrogens with one attached hydrogen (secondary N) is 1. The topological polar surface area (TPSA) is 71.8 Å². The third kappa shape index (κ3) is 3.83. The van der Waals surface area contributed by atoms with Crippen molar-refractivity contribution in [3.05, 3.63) is 63.8 Å². The Morgan fingerprint density at radius 2 is 1.97 bits per heavy atom. The highest BCUT2D eigenvalue weighted by Crippen LogP contribution is 2.33. The molecule has 0 fully saturated rings. The molecule has 1 N–H and O–H groups in total. The van der Waals surface area contributed by atoms with E-state index in [1.165, 1.54) is 11.3 Å². The second-order valence-corrected chi connectivity index (χ2v) is 8.38. The number of ether oxygens (including phenoxy) is 1. The fraction of sp³-hybridized carbons (Fsp3) is 0.150. The van der Waals surface area contributed by atoms with E-state index in [4.69, 9.17) is 4.74 Å². The summed E-state index contributed by atoms with van der Waals surface area (Å²) in [5.41, 5.74) is 2.07. The predicted octanol–water partition coefficient (Wildman–Crippen LogP) is 4.60. The van der Waals surface area contributed by atoms with Gasteiger partial charge in [-0.15, -0.1) is 0 Å². The molecule has 29 heavy (non-hydrogen) atoms. The van der Waals surface area contributed by atoms with Gasteiger partial charge in [-0.1, -0.05) is 11.3 Å². The van der Waals surface area contributed by atoms with Crippen molar-refractivity contribution in [1.29, 1.82) is 0 Å². The lowest BCUT2D eigenvalue weighted by Gasteiger charge is -2.10. The Kier molecular flexibility index (Phi) is 5.25. The minimum absolute atomic E-state index is 0.125. The summed E-state index contributed by atoms with van der Waals surface area (Å²) in [6.45, 7) is 0. The summed E-state index contributed by atoms with van der Waals surface area (Å²) in [7, 11) is 5.37. The zero-order chi connectivity index (χ0) is 20.5. The molecule has 0 radical (unpaired) electrons. The highest BCUT2D eigenvalue weighted by atomic mass is 79.9. The quantitative estimate of drug-likeness (QED) is 0.414. The highest BCUT2D eigenvalue weighted by molar-refractivity contribution is 9.10. The van der Waals surface area contributed by atoms with E-state index < -0.39 is 0 Å². The SMILES string of the molecule is COc1ccc(Nc2nc(N(C)C)c(C(=O)c3cnc4ccc(Br)cn34)s2)cc1. The molecule has 1 aromatic carbocycles. The first-order valence-corrected chi connectivity index (χ1v) is 10.3. The Hall–Kier alpha value is -2.91. The number of anilines is 3. The van der Waals surface area contributed by atoms with Crippen LogP contribution in [0.5, 0.6) is 5.75 Å². The first-order chi connectivity index (χ1) is 14.0. The van der Waals surface area contributed by atoms with Gasteiger partial charge in [0.15, 0.2) is 10.9 Å². The van der Waals surface area contributed by atoms with Crippen LogP contribution in [-0.2, 0) is 0 Å². The Morgan fingerprint density at radius 1 is 1.21 bits per heavy atom. The molecule has 0 amide bonds. The number of benzene rings is 1. The van der Waals surface area contributed by atoms with Gasteiger partial charge in [-0.3, -0.25) is 9.20 Å². The number of carbonyl (C=O) groups is 1. The van der Waals surface area contributed by atoms with Crippen LogP contribution < -0.4 is 15.0 Å². The number of imidazole rings is 1. The fourth-order valence-electron chi connectivity index (χ4n) is 2.85. The number of halogens is 1. The van der Waals surface area contributed by atoms with E-state index in [1.807, 2.05) is 61.6 Å². The monoisotopic (exact) mass is 471 g/mol. The summed E-state index contributed by atoms with van der Waals surface area (Å²) in [5.74, 6) is 1.26. The van der Waals surface area contributed by atoms with Crippen molar-refractivity contribution in [2.24, 2.45) is 0 Å². The molecular weight excluding hydrogens is 454 g/mol. The Labute approximate surface area is 180 Å². The first-order valence-electron chi connectivity index (χ1n) is 8.73. The van der Waals surface area contributed by atoms with Crippen molar-refractivity contribution in [3.8, 4) is 5.75 Å². The number of rotatable bonds is 6. The van der Waals surface area contributed by atoms with E-state index in [0.29, 0.717) is 27.2 Å². The Balaban J connectivity index is 1.70. The smallest absolute Gasteiger partial charge is 0.225 e. The van der Waals surface area contributed by atoms with E-state index >= 15 is 0 Å². The van der Waals surface area contributed by atoms with Crippen LogP contribution in [0.3, 0.4) is 0 Å². The minimum atomic E-state index is -0.125. The second-order valence-electron chi connectivity index (χ2n) is 6.47. The number of pyridine rings is 1. The number of hydrogen-bond acceptors (Lipinski definition) is 7. The van der Waals surface area contributed by atoms with Crippen LogP contribution in [0.15, 0.2) is 53.3 Å². The van der Waals surface area contributed by atoms with Gasteiger partial charge < -0.3 is 15.0 Å². The number of carbonyl (C=O) groups excluding carboxylic acids is 1. The van der Waals surface area contributed by atoms with Crippen molar-refractivity contribution in [1.82, 2.24) is 14.4 Å². The van der Waals surface area contributed by atoms with Gasteiger partial charge in [0.05, 0.1) is 13.3 Å². The van der Waals surface area contributed by atoms with Gasteiger partial charge >= 0.3 is 0 Å². The number of nitrogens with zero attached hydrogens (tertiary/aromatic N) is 4. The third-order valence-electron chi connectivity index (χ3n) is 4.28. The van der Waals surface area contributed by atoms with Gasteiger partial charge in [0.2, 0.25) is 5.78 Å². The van der Waals surface area contributed by atoms with E-state index in [9.17, 15) is 4.79 Å². The molecule has 0 aliphatic carbocycles. The Morgan fingerprint density at radius 3 is 2.66 bits per heavy atom. The zero-order valence-corrected chi connectivity index (χ0v) is 18.4. The van der Waals surface area contributed by atoms with E-state index in [1.54, 1.807) is 17.7 Å². The average Bonchev–Trinajstić information content (AvgIpc) is 3.32. The van der Waals surface area contributed by atoms with Gasteiger partial charge in [0.1, 0.15) is 22.0 Å². The minimum Gasteiger partial charge on any atom is -0.497 e.